The van der Waals surface area contributed by atoms with E-state index in [9.17, 15) is 9.59 Å². The zero-order chi connectivity index (χ0) is 14.0. The van der Waals surface area contributed by atoms with Gasteiger partial charge in [-0.15, -0.1) is 0 Å². The fourth-order valence-corrected chi connectivity index (χ4v) is 2.02. The predicted octanol–water partition coefficient (Wildman–Crippen LogP) is 2.37. The molecule has 0 radical (unpaired) electrons. The van der Waals surface area contributed by atoms with Gasteiger partial charge in [0.25, 0.3) is 0 Å². The van der Waals surface area contributed by atoms with Gasteiger partial charge in [0.2, 0.25) is 0 Å². The number of nitrogens with zero attached hydrogens (tertiary/aromatic N) is 2. The van der Waals surface area contributed by atoms with Gasteiger partial charge in [0.05, 0.1) is 0 Å². The van der Waals surface area contributed by atoms with Crippen LogP contribution in [-0.2, 0) is 6.54 Å². The lowest BCUT2D eigenvalue weighted by Gasteiger charge is -2.09. The Kier molecular flexibility index (Phi) is 3.90. The average molecular weight is 279 g/mol. The summed E-state index contributed by atoms with van der Waals surface area (Å²) in [4.78, 5) is 24.0. The van der Waals surface area contributed by atoms with Gasteiger partial charge < -0.3 is 4.57 Å². The first-order chi connectivity index (χ1) is 9.04. The molecule has 0 bridgehead atoms. The third-order valence-corrected chi connectivity index (χ3v) is 3.37. The third-order valence-electron chi connectivity index (χ3n) is 2.94. The van der Waals surface area contributed by atoms with Gasteiger partial charge in [-0.3, -0.25) is 14.2 Å². The average Bonchev–Trinajstić information content (AvgIpc) is 2.39. The third kappa shape index (κ3) is 2.63. The maximum atomic E-state index is 12.1. The number of hydrogen-bond donors (Lipinski definition) is 0. The molecule has 0 aliphatic heterocycles. The Morgan fingerprint density at radius 1 is 1.16 bits per heavy atom. The van der Waals surface area contributed by atoms with Crippen LogP contribution in [0.25, 0.3) is 5.69 Å². The molecule has 4 nitrogen and oxygen atoms in total. The molecule has 0 saturated heterocycles. The van der Waals surface area contributed by atoms with Crippen LogP contribution in [0.15, 0.2) is 40.2 Å². The Morgan fingerprint density at radius 2 is 1.89 bits per heavy atom. The minimum Gasteiger partial charge on any atom is -0.309 e. The van der Waals surface area contributed by atoms with E-state index in [4.69, 9.17) is 11.6 Å². The molecule has 0 aliphatic carbocycles. The van der Waals surface area contributed by atoms with Crippen LogP contribution in [0.3, 0.4) is 0 Å². The van der Waals surface area contributed by atoms with Gasteiger partial charge in [-0.1, -0.05) is 18.5 Å². The van der Waals surface area contributed by atoms with Crippen LogP contribution in [0.1, 0.15) is 18.9 Å². The standard InChI is InChI=1S/C14H15ClN2O2/c1-3-6-16-7-8-17(14(19)13(16)18)11-4-5-12(15)10(2)9-11/h4-5,7-9H,3,6H2,1-2H3. The first-order valence-electron chi connectivity index (χ1n) is 6.13. The molecule has 0 saturated carbocycles. The monoisotopic (exact) mass is 278 g/mol. The van der Waals surface area contributed by atoms with E-state index in [0.717, 1.165) is 12.0 Å². The number of aromatic nitrogens is 2. The van der Waals surface area contributed by atoms with Crippen molar-refractivity contribution in [1.82, 2.24) is 9.13 Å². The Balaban J connectivity index is 2.58. The lowest BCUT2D eigenvalue weighted by atomic mass is 10.2. The molecular formula is C14H15ClN2O2. The van der Waals surface area contributed by atoms with Crippen molar-refractivity contribution in [2.75, 3.05) is 0 Å². The number of aryl methyl sites for hydroxylation is 2. The summed E-state index contributed by atoms with van der Waals surface area (Å²) in [6.45, 7) is 4.37. The molecule has 0 atom stereocenters. The van der Waals surface area contributed by atoms with E-state index < -0.39 is 11.1 Å². The van der Waals surface area contributed by atoms with E-state index >= 15 is 0 Å². The highest BCUT2D eigenvalue weighted by Crippen LogP contribution is 2.17. The quantitative estimate of drug-likeness (QED) is 0.809. The van der Waals surface area contributed by atoms with E-state index in [-0.39, 0.29) is 0 Å². The first-order valence-corrected chi connectivity index (χ1v) is 6.51. The van der Waals surface area contributed by atoms with Gasteiger partial charge in [0, 0.05) is 29.6 Å². The topological polar surface area (TPSA) is 44.0 Å². The summed E-state index contributed by atoms with van der Waals surface area (Å²) in [6.07, 6.45) is 4.06. The van der Waals surface area contributed by atoms with E-state index in [0.29, 0.717) is 17.3 Å². The SMILES string of the molecule is CCCn1ccn(-c2ccc(Cl)c(C)c2)c(=O)c1=O. The summed E-state index contributed by atoms with van der Waals surface area (Å²) in [5.74, 6) is 0. The van der Waals surface area contributed by atoms with E-state index in [1.54, 1.807) is 30.6 Å². The predicted molar refractivity (Wildman–Crippen MR) is 76.3 cm³/mol. The second kappa shape index (κ2) is 5.45. The summed E-state index contributed by atoms with van der Waals surface area (Å²) in [6, 6.07) is 5.23. The van der Waals surface area contributed by atoms with E-state index in [1.165, 1.54) is 9.13 Å². The number of benzene rings is 1. The molecule has 0 N–H and O–H groups in total. The number of halogens is 1. The van der Waals surface area contributed by atoms with E-state index in [1.807, 2.05) is 13.8 Å². The van der Waals surface area contributed by atoms with Gasteiger partial charge in [-0.05, 0) is 37.1 Å². The molecule has 2 aromatic rings. The van der Waals surface area contributed by atoms with Gasteiger partial charge in [0.1, 0.15) is 0 Å². The van der Waals surface area contributed by atoms with Crippen LogP contribution in [-0.4, -0.2) is 9.13 Å². The van der Waals surface area contributed by atoms with Gasteiger partial charge in [-0.2, -0.15) is 0 Å². The summed E-state index contributed by atoms with van der Waals surface area (Å²) in [5, 5.41) is 0.635. The minimum absolute atomic E-state index is 0.503. The molecule has 0 fully saturated rings. The van der Waals surface area contributed by atoms with Crippen LogP contribution in [0.2, 0.25) is 5.02 Å². The zero-order valence-corrected chi connectivity index (χ0v) is 11.6. The van der Waals surface area contributed by atoms with Crippen molar-refractivity contribution in [3.05, 3.63) is 61.9 Å². The Labute approximate surface area is 115 Å². The van der Waals surface area contributed by atoms with Gasteiger partial charge in [0.15, 0.2) is 0 Å². The van der Waals surface area contributed by atoms with Gasteiger partial charge >= 0.3 is 11.1 Å². The van der Waals surface area contributed by atoms with Crippen molar-refractivity contribution < 1.29 is 0 Å². The molecule has 100 valence electrons. The highest BCUT2D eigenvalue weighted by atomic mass is 35.5. The molecule has 1 heterocycles. The fraction of sp³-hybridized carbons (Fsp3) is 0.286. The van der Waals surface area contributed by atoms with Crippen LogP contribution in [0.5, 0.6) is 0 Å². The summed E-state index contributed by atoms with van der Waals surface area (Å²) in [5.41, 5.74) is 0.464. The lowest BCUT2D eigenvalue weighted by molar-refractivity contribution is 0.633. The Hall–Kier alpha value is -1.81. The molecule has 0 spiro atoms. The van der Waals surface area contributed by atoms with Crippen molar-refractivity contribution >= 4 is 11.6 Å². The molecule has 0 amide bonds. The highest BCUT2D eigenvalue weighted by molar-refractivity contribution is 6.31. The molecule has 0 unspecified atom stereocenters. The van der Waals surface area contributed by atoms with Crippen molar-refractivity contribution in [3.63, 3.8) is 0 Å². The van der Waals surface area contributed by atoms with Crippen LogP contribution in [0, 0.1) is 6.92 Å². The molecule has 1 aromatic carbocycles. The Bertz CT molecular complexity index is 716. The number of hydrogen-bond acceptors (Lipinski definition) is 2. The minimum atomic E-state index is -0.544. The lowest BCUT2D eigenvalue weighted by Crippen LogP contribution is -2.39. The highest BCUT2D eigenvalue weighted by Gasteiger charge is 2.07. The van der Waals surface area contributed by atoms with Crippen molar-refractivity contribution in [1.29, 1.82) is 0 Å². The largest absolute Gasteiger partial charge is 0.320 e. The molecule has 1 aromatic heterocycles. The van der Waals surface area contributed by atoms with Crippen molar-refractivity contribution in [2.45, 2.75) is 26.8 Å². The first kappa shape index (κ1) is 13.6. The molecule has 19 heavy (non-hydrogen) atoms. The van der Waals surface area contributed by atoms with Crippen LogP contribution < -0.4 is 11.1 Å². The number of rotatable bonds is 3. The molecule has 2 rings (SSSR count). The van der Waals surface area contributed by atoms with Crippen molar-refractivity contribution in [2.24, 2.45) is 0 Å². The van der Waals surface area contributed by atoms with Crippen LogP contribution >= 0.6 is 11.6 Å². The smallest absolute Gasteiger partial charge is 0.309 e. The van der Waals surface area contributed by atoms with Gasteiger partial charge in [-0.25, -0.2) is 0 Å². The second-order valence-electron chi connectivity index (χ2n) is 4.41. The summed E-state index contributed by atoms with van der Waals surface area (Å²) < 4.78 is 2.78. The maximum Gasteiger partial charge on any atom is 0.320 e. The maximum absolute atomic E-state index is 12.1. The van der Waals surface area contributed by atoms with Crippen molar-refractivity contribution in [3.8, 4) is 5.69 Å². The molecule has 0 aliphatic rings. The zero-order valence-electron chi connectivity index (χ0n) is 10.9. The molecular weight excluding hydrogens is 264 g/mol. The summed E-state index contributed by atoms with van der Waals surface area (Å²) >= 11 is 5.95. The Morgan fingerprint density at radius 3 is 2.53 bits per heavy atom. The second-order valence-corrected chi connectivity index (χ2v) is 4.81. The van der Waals surface area contributed by atoms with Crippen LogP contribution in [0.4, 0.5) is 0 Å². The molecule has 5 heteroatoms. The van der Waals surface area contributed by atoms with E-state index in [2.05, 4.69) is 0 Å². The normalized spacial score (nSPS) is 10.7. The fourth-order valence-electron chi connectivity index (χ4n) is 1.91. The summed E-state index contributed by atoms with van der Waals surface area (Å²) in [7, 11) is 0.